The smallest absolute Gasteiger partial charge is 0.329 e. The molecular weight excluding hydrogens is 354 g/mol. The Morgan fingerprint density at radius 1 is 1.19 bits per heavy atom. The lowest BCUT2D eigenvalue weighted by Gasteiger charge is -2.19. The Labute approximate surface area is 158 Å². The standard InChI is InChI=1S/C18H27N3O4S/c1-18(2,3)12-5-7-13(8-6-12)20-15(22)11-25-16(23)14(9-10-26-4)21-17(19)24/h5-8,14H,9-11H2,1-4H3,(H,20,22)(H3,19,21,24)/t14-/m0/s1. The van der Waals surface area contributed by atoms with Crippen LogP contribution in [0.1, 0.15) is 32.8 Å². The summed E-state index contributed by atoms with van der Waals surface area (Å²) in [5.74, 6) is -0.493. The van der Waals surface area contributed by atoms with Crippen molar-refractivity contribution >= 4 is 35.4 Å². The number of nitrogens with two attached hydrogens (primary N) is 1. The first kappa shape index (κ1) is 21.8. The first-order valence-corrected chi connectivity index (χ1v) is 9.65. The lowest BCUT2D eigenvalue weighted by Crippen LogP contribution is -2.45. The van der Waals surface area contributed by atoms with Gasteiger partial charge in [-0.2, -0.15) is 11.8 Å². The van der Waals surface area contributed by atoms with Crippen LogP contribution in [0.4, 0.5) is 10.5 Å². The number of hydrogen-bond donors (Lipinski definition) is 3. The van der Waals surface area contributed by atoms with Gasteiger partial charge in [0.2, 0.25) is 0 Å². The highest BCUT2D eigenvalue weighted by Crippen LogP contribution is 2.23. The highest BCUT2D eigenvalue weighted by atomic mass is 32.2. The highest BCUT2D eigenvalue weighted by Gasteiger charge is 2.22. The second kappa shape index (κ2) is 10.1. The molecule has 0 aliphatic rings. The van der Waals surface area contributed by atoms with Gasteiger partial charge in [0.05, 0.1) is 0 Å². The fraction of sp³-hybridized carbons (Fsp3) is 0.500. The summed E-state index contributed by atoms with van der Waals surface area (Å²) in [7, 11) is 0. The number of carbonyl (C=O) groups is 3. The lowest BCUT2D eigenvalue weighted by atomic mass is 9.87. The zero-order valence-electron chi connectivity index (χ0n) is 15.6. The molecule has 7 nitrogen and oxygen atoms in total. The van der Waals surface area contributed by atoms with Crippen molar-refractivity contribution in [2.75, 3.05) is 23.9 Å². The molecule has 0 aliphatic heterocycles. The number of carbonyl (C=O) groups excluding carboxylic acids is 3. The minimum atomic E-state index is -0.862. The monoisotopic (exact) mass is 381 g/mol. The highest BCUT2D eigenvalue weighted by molar-refractivity contribution is 7.98. The summed E-state index contributed by atoms with van der Waals surface area (Å²) in [6, 6.07) is 5.82. The van der Waals surface area contributed by atoms with Crippen LogP contribution >= 0.6 is 11.8 Å². The normalized spacial score (nSPS) is 12.2. The molecule has 8 heteroatoms. The van der Waals surface area contributed by atoms with E-state index < -0.39 is 30.6 Å². The Kier molecular flexibility index (Phi) is 8.44. The number of primary amides is 1. The zero-order chi connectivity index (χ0) is 19.7. The number of hydrogen-bond acceptors (Lipinski definition) is 5. The van der Waals surface area contributed by atoms with Gasteiger partial charge in [0.15, 0.2) is 6.61 Å². The molecule has 0 heterocycles. The quantitative estimate of drug-likeness (QED) is 0.598. The van der Waals surface area contributed by atoms with Gasteiger partial charge in [-0.05, 0) is 41.5 Å². The summed E-state index contributed by atoms with van der Waals surface area (Å²) >= 11 is 1.52. The Morgan fingerprint density at radius 3 is 2.31 bits per heavy atom. The van der Waals surface area contributed by atoms with Crippen LogP contribution < -0.4 is 16.4 Å². The number of thioether (sulfide) groups is 1. The molecule has 3 amide bonds. The maximum Gasteiger partial charge on any atom is 0.329 e. The van der Waals surface area contributed by atoms with E-state index in [4.69, 9.17) is 10.5 Å². The molecule has 26 heavy (non-hydrogen) atoms. The third kappa shape index (κ3) is 7.77. The number of nitrogens with one attached hydrogen (secondary N) is 2. The Balaban J connectivity index is 2.53. The van der Waals surface area contributed by atoms with Crippen molar-refractivity contribution in [1.82, 2.24) is 5.32 Å². The number of anilines is 1. The third-order valence-electron chi connectivity index (χ3n) is 3.59. The van der Waals surface area contributed by atoms with E-state index in [1.54, 1.807) is 12.1 Å². The summed E-state index contributed by atoms with van der Waals surface area (Å²) in [4.78, 5) is 34.9. The molecule has 0 saturated carbocycles. The van der Waals surface area contributed by atoms with Crippen molar-refractivity contribution in [1.29, 1.82) is 0 Å². The molecule has 1 rings (SSSR count). The topological polar surface area (TPSA) is 111 Å². The molecule has 0 saturated heterocycles. The predicted molar refractivity (Wildman–Crippen MR) is 104 cm³/mol. The molecule has 0 unspecified atom stereocenters. The number of esters is 1. The van der Waals surface area contributed by atoms with Crippen LogP contribution in [0.25, 0.3) is 0 Å². The number of rotatable bonds is 8. The first-order chi connectivity index (χ1) is 12.1. The van der Waals surface area contributed by atoms with Crippen LogP contribution in [0.3, 0.4) is 0 Å². The van der Waals surface area contributed by atoms with Crippen molar-refractivity contribution in [3.05, 3.63) is 29.8 Å². The zero-order valence-corrected chi connectivity index (χ0v) is 16.4. The molecule has 0 aromatic heterocycles. The van der Waals surface area contributed by atoms with Crippen molar-refractivity contribution in [3.8, 4) is 0 Å². The van der Waals surface area contributed by atoms with Crippen LogP contribution in [-0.2, 0) is 19.7 Å². The second-order valence-electron chi connectivity index (χ2n) is 6.83. The van der Waals surface area contributed by atoms with Gasteiger partial charge in [0.25, 0.3) is 5.91 Å². The van der Waals surface area contributed by atoms with Crippen molar-refractivity contribution in [3.63, 3.8) is 0 Å². The number of amides is 3. The molecule has 0 fully saturated rings. The van der Waals surface area contributed by atoms with Crippen LogP contribution in [0, 0.1) is 0 Å². The van der Waals surface area contributed by atoms with Crippen LogP contribution in [0.5, 0.6) is 0 Å². The van der Waals surface area contributed by atoms with E-state index in [-0.39, 0.29) is 5.41 Å². The molecule has 0 bridgehead atoms. The average Bonchev–Trinajstić information content (AvgIpc) is 2.55. The van der Waals surface area contributed by atoms with Crippen molar-refractivity contribution < 1.29 is 19.1 Å². The van der Waals surface area contributed by atoms with Gasteiger partial charge in [-0.25, -0.2) is 9.59 Å². The summed E-state index contributed by atoms with van der Waals surface area (Å²) in [5.41, 5.74) is 6.85. The van der Waals surface area contributed by atoms with Gasteiger partial charge >= 0.3 is 12.0 Å². The lowest BCUT2D eigenvalue weighted by molar-refractivity contribution is -0.149. The maximum atomic E-state index is 12.0. The van der Waals surface area contributed by atoms with Gasteiger partial charge in [0, 0.05) is 5.69 Å². The van der Waals surface area contributed by atoms with E-state index in [0.717, 1.165) is 5.56 Å². The van der Waals surface area contributed by atoms with Gasteiger partial charge in [-0.3, -0.25) is 4.79 Å². The largest absolute Gasteiger partial charge is 0.454 e. The Morgan fingerprint density at radius 2 is 1.81 bits per heavy atom. The van der Waals surface area contributed by atoms with E-state index in [9.17, 15) is 14.4 Å². The van der Waals surface area contributed by atoms with Crippen LogP contribution in [0.15, 0.2) is 24.3 Å². The molecule has 0 radical (unpaired) electrons. The summed E-state index contributed by atoms with van der Waals surface area (Å²) in [6.07, 6.45) is 2.25. The second-order valence-corrected chi connectivity index (χ2v) is 7.81. The van der Waals surface area contributed by atoms with Crippen molar-refractivity contribution in [2.24, 2.45) is 5.73 Å². The van der Waals surface area contributed by atoms with Gasteiger partial charge in [-0.15, -0.1) is 0 Å². The van der Waals surface area contributed by atoms with E-state index in [1.165, 1.54) is 11.8 Å². The van der Waals surface area contributed by atoms with E-state index >= 15 is 0 Å². The molecule has 0 spiro atoms. The molecule has 0 aliphatic carbocycles. The fourth-order valence-electron chi connectivity index (χ4n) is 2.14. The molecule has 144 valence electrons. The van der Waals surface area contributed by atoms with Gasteiger partial charge in [0.1, 0.15) is 6.04 Å². The SMILES string of the molecule is CSCC[C@H](NC(N)=O)C(=O)OCC(=O)Nc1ccc(C(C)(C)C)cc1. The average molecular weight is 381 g/mol. The number of urea groups is 1. The van der Waals surface area contributed by atoms with E-state index in [2.05, 4.69) is 31.4 Å². The Bertz CT molecular complexity index is 626. The van der Waals surface area contributed by atoms with Crippen LogP contribution in [-0.4, -0.2) is 42.6 Å². The Hall–Kier alpha value is -2.22. The molecule has 1 atom stereocenters. The molecule has 4 N–H and O–H groups in total. The summed E-state index contributed by atoms with van der Waals surface area (Å²) in [5, 5.41) is 4.99. The first-order valence-electron chi connectivity index (χ1n) is 8.25. The predicted octanol–water partition coefficient (Wildman–Crippen LogP) is 2.26. The maximum absolute atomic E-state index is 12.0. The third-order valence-corrected chi connectivity index (χ3v) is 4.24. The minimum absolute atomic E-state index is 0.0251. The van der Waals surface area contributed by atoms with Crippen LogP contribution in [0.2, 0.25) is 0 Å². The minimum Gasteiger partial charge on any atom is -0.454 e. The number of benzene rings is 1. The molecular formula is C18H27N3O4S. The summed E-state index contributed by atoms with van der Waals surface area (Å²) < 4.78 is 4.98. The fourth-order valence-corrected chi connectivity index (χ4v) is 2.62. The van der Waals surface area contributed by atoms with Crippen molar-refractivity contribution in [2.45, 2.75) is 38.6 Å². The summed E-state index contributed by atoms with van der Waals surface area (Å²) in [6.45, 7) is 5.88. The van der Waals surface area contributed by atoms with E-state index in [0.29, 0.717) is 17.9 Å². The van der Waals surface area contributed by atoms with Gasteiger partial charge < -0.3 is 21.1 Å². The van der Waals surface area contributed by atoms with Gasteiger partial charge in [-0.1, -0.05) is 32.9 Å². The molecule has 1 aromatic carbocycles. The van der Waals surface area contributed by atoms with E-state index in [1.807, 2.05) is 18.4 Å². The molecule has 1 aromatic rings. The number of ether oxygens (including phenoxy) is 1.